The Bertz CT molecular complexity index is 461. The molecular formula is C13H17ClFN3S. The summed E-state index contributed by atoms with van der Waals surface area (Å²) < 4.78 is 13.1. The van der Waals surface area contributed by atoms with Crippen LogP contribution in [0.3, 0.4) is 0 Å². The van der Waals surface area contributed by atoms with E-state index in [1.54, 1.807) is 12.1 Å². The summed E-state index contributed by atoms with van der Waals surface area (Å²) >= 11 is 11.1. The van der Waals surface area contributed by atoms with Gasteiger partial charge in [-0.3, -0.25) is 0 Å². The third kappa shape index (κ3) is 3.78. The molecule has 1 aromatic carbocycles. The molecular weight excluding hydrogens is 285 g/mol. The Morgan fingerprint density at radius 3 is 2.63 bits per heavy atom. The van der Waals surface area contributed by atoms with Crippen LogP contribution in [0.2, 0.25) is 5.02 Å². The molecule has 0 atom stereocenters. The highest BCUT2D eigenvalue weighted by Crippen LogP contribution is 2.19. The van der Waals surface area contributed by atoms with Crippen LogP contribution in [-0.4, -0.2) is 47.6 Å². The number of piperazine rings is 1. The lowest BCUT2D eigenvalue weighted by Crippen LogP contribution is -2.49. The molecule has 1 saturated heterocycles. The predicted octanol–water partition coefficient (Wildman–Crippen LogP) is 2.81. The Morgan fingerprint density at radius 2 is 2.05 bits per heavy atom. The lowest BCUT2D eigenvalue weighted by atomic mass is 10.3. The van der Waals surface area contributed by atoms with Crippen molar-refractivity contribution in [3.63, 3.8) is 0 Å². The van der Waals surface area contributed by atoms with Crippen LogP contribution in [0, 0.1) is 5.82 Å². The summed E-state index contributed by atoms with van der Waals surface area (Å²) in [5, 5.41) is 3.87. The van der Waals surface area contributed by atoms with Gasteiger partial charge in [-0.25, -0.2) is 4.39 Å². The van der Waals surface area contributed by atoms with Crippen LogP contribution in [0.15, 0.2) is 18.2 Å². The highest BCUT2D eigenvalue weighted by molar-refractivity contribution is 7.80. The monoisotopic (exact) mass is 301 g/mol. The molecule has 1 heterocycles. The van der Waals surface area contributed by atoms with Crippen molar-refractivity contribution in [2.24, 2.45) is 0 Å². The van der Waals surface area contributed by atoms with Gasteiger partial charge in [-0.05, 0) is 37.0 Å². The number of nitrogens with one attached hydrogen (secondary N) is 1. The van der Waals surface area contributed by atoms with Crippen LogP contribution in [0.25, 0.3) is 0 Å². The van der Waals surface area contributed by atoms with Gasteiger partial charge in [-0.1, -0.05) is 18.5 Å². The first kappa shape index (κ1) is 14.5. The molecule has 0 aliphatic carbocycles. The molecule has 1 N–H and O–H groups in total. The number of nitrogens with zero attached hydrogens (tertiary/aromatic N) is 2. The molecule has 104 valence electrons. The van der Waals surface area contributed by atoms with E-state index in [1.165, 1.54) is 6.07 Å². The zero-order valence-electron chi connectivity index (χ0n) is 10.8. The van der Waals surface area contributed by atoms with Gasteiger partial charge >= 0.3 is 0 Å². The number of hydrogen-bond acceptors (Lipinski definition) is 2. The van der Waals surface area contributed by atoms with Gasteiger partial charge < -0.3 is 15.1 Å². The third-order valence-electron chi connectivity index (χ3n) is 3.28. The van der Waals surface area contributed by atoms with Crippen molar-refractivity contribution in [1.29, 1.82) is 0 Å². The van der Waals surface area contributed by atoms with Gasteiger partial charge in [-0.2, -0.15) is 0 Å². The summed E-state index contributed by atoms with van der Waals surface area (Å²) in [6, 6.07) is 4.52. The highest BCUT2D eigenvalue weighted by Gasteiger charge is 2.17. The SMILES string of the molecule is CCN1CCN(C(=S)Nc2ccc(F)c(Cl)c2)CC1. The second-order valence-corrected chi connectivity index (χ2v) is 5.27. The Labute approximate surface area is 123 Å². The largest absolute Gasteiger partial charge is 0.346 e. The topological polar surface area (TPSA) is 18.5 Å². The van der Waals surface area contributed by atoms with Crippen LogP contribution >= 0.6 is 23.8 Å². The van der Waals surface area contributed by atoms with Crippen LogP contribution < -0.4 is 5.32 Å². The van der Waals surface area contributed by atoms with E-state index in [0.717, 1.165) is 32.7 Å². The first-order valence-electron chi connectivity index (χ1n) is 6.33. The Morgan fingerprint density at radius 1 is 1.37 bits per heavy atom. The maximum Gasteiger partial charge on any atom is 0.173 e. The molecule has 0 spiro atoms. The Hall–Kier alpha value is -0.910. The molecule has 0 saturated carbocycles. The molecule has 0 radical (unpaired) electrons. The maximum absolute atomic E-state index is 13.1. The van der Waals surface area contributed by atoms with Gasteiger partial charge in [0.15, 0.2) is 5.11 Å². The minimum atomic E-state index is -0.422. The van der Waals surface area contributed by atoms with E-state index in [1.807, 2.05) is 0 Å². The molecule has 2 rings (SSSR count). The molecule has 19 heavy (non-hydrogen) atoms. The van der Waals surface area contributed by atoms with Gasteiger partial charge in [0, 0.05) is 31.9 Å². The first-order valence-corrected chi connectivity index (χ1v) is 7.12. The van der Waals surface area contributed by atoms with Crippen LogP contribution in [0.4, 0.5) is 10.1 Å². The minimum Gasteiger partial charge on any atom is -0.346 e. The molecule has 3 nitrogen and oxygen atoms in total. The number of anilines is 1. The summed E-state index contributed by atoms with van der Waals surface area (Å²) in [6.07, 6.45) is 0. The van der Waals surface area contributed by atoms with Gasteiger partial charge in [0.05, 0.1) is 5.02 Å². The quantitative estimate of drug-likeness (QED) is 0.846. The first-order chi connectivity index (χ1) is 9.10. The van der Waals surface area contributed by atoms with E-state index in [0.29, 0.717) is 10.8 Å². The molecule has 1 fully saturated rings. The van der Waals surface area contributed by atoms with E-state index >= 15 is 0 Å². The maximum atomic E-state index is 13.1. The molecule has 1 aromatic rings. The van der Waals surface area contributed by atoms with Crippen molar-refractivity contribution < 1.29 is 4.39 Å². The molecule has 0 unspecified atom stereocenters. The Balaban J connectivity index is 1.92. The van der Waals surface area contributed by atoms with Crippen molar-refractivity contribution in [2.45, 2.75) is 6.92 Å². The summed E-state index contributed by atoms with van der Waals surface area (Å²) in [5.74, 6) is -0.422. The molecule has 0 aromatic heterocycles. The van der Waals surface area contributed by atoms with E-state index in [9.17, 15) is 4.39 Å². The van der Waals surface area contributed by atoms with Crippen LogP contribution in [0.5, 0.6) is 0 Å². The van der Waals surface area contributed by atoms with Gasteiger partial charge in [0.1, 0.15) is 5.82 Å². The summed E-state index contributed by atoms with van der Waals surface area (Å²) in [6.45, 7) is 7.09. The number of thiocarbonyl (C=S) groups is 1. The fourth-order valence-corrected chi connectivity index (χ4v) is 2.52. The smallest absolute Gasteiger partial charge is 0.173 e. The summed E-state index contributed by atoms with van der Waals surface area (Å²) in [5.41, 5.74) is 0.717. The zero-order chi connectivity index (χ0) is 13.8. The number of hydrogen-bond donors (Lipinski definition) is 1. The average Bonchev–Trinajstić information content (AvgIpc) is 2.43. The lowest BCUT2D eigenvalue weighted by Gasteiger charge is -2.35. The standard InChI is InChI=1S/C13H17ClFN3S/c1-2-17-5-7-18(8-6-17)13(19)16-10-3-4-12(15)11(14)9-10/h3-4,9H,2,5-8H2,1H3,(H,16,19). The molecule has 1 aliphatic rings. The third-order valence-corrected chi connectivity index (χ3v) is 3.93. The number of rotatable bonds is 2. The normalized spacial score (nSPS) is 16.5. The van der Waals surface area contributed by atoms with E-state index in [2.05, 4.69) is 22.0 Å². The van der Waals surface area contributed by atoms with Crippen LogP contribution in [-0.2, 0) is 0 Å². The molecule has 6 heteroatoms. The summed E-state index contributed by atoms with van der Waals surface area (Å²) in [7, 11) is 0. The zero-order valence-corrected chi connectivity index (χ0v) is 12.4. The highest BCUT2D eigenvalue weighted by atomic mass is 35.5. The van der Waals surface area contributed by atoms with Crippen molar-refractivity contribution in [3.8, 4) is 0 Å². The lowest BCUT2D eigenvalue weighted by molar-refractivity contribution is 0.191. The van der Waals surface area contributed by atoms with Gasteiger partial charge in [0.25, 0.3) is 0 Å². The molecule has 0 bridgehead atoms. The predicted molar refractivity (Wildman–Crippen MR) is 81.3 cm³/mol. The fourth-order valence-electron chi connectivity index (χ4n) is 2.04. The number of halogens is 2. The van der Waals surface area contributed by atoms with E-state index in [-0.39, 0.29) is 5.02 Å². The van der Waals surface area contributed by atoms with Gasteiger partial charge in [0.2, 0.25) is 0 Å². The van der Waals surface area contributed by atoms with Crippen molar-refractivity contribution in [3.05, 3.63) is 29.0 Å². The van der Waals surface area contributed by atoms with Gasteiger partial charge in [-0.15, -0.1) is 0 Å². The average molecular weight is 302 g/mol. The molecule has 0 amide bonds. The summed E-state index contributed by atoms with van der Waals surface area (Å²) in [4.78, 5) is 4.51. The molecule has 1 aliphatic heterocycles. The minimum absolute atomic E-state index is 0.101. The van der Waals surface area contributed by atoms with E-state index in [4.69, 9.17) is 23.8 Å². The van der Waals surface area contributed by atoms with Crippen molar-refractivity contribution in [2.75, 3.05) is 38.0 Å². The number of likely N-dealkylation sites (N-methyl/N-ethyl adjacent to an activating group) is 1. The van der Waals surface area contributed by atoms with Crippen molar-refractivity contribution in [1.82, 2.24) is 9.80 Å². The van der Waals surface area contributed by atoms with E-state index < -0.39 is 5.82 Å². The fraction of sp³-hybridized carbons (Fsp3) is 0.462. The van der Waals surface area contributed by atoms with Crippen LogP contribution in [0.1, 0.15) is 6.92 Å². The van der Waals surface area contributed by atoms with Crippen molar-refractivity contribution >= 4 is 34.6 Å². The Kier molecular flexibility index (Phi) is 4.96. The number of benzene rings is 1. The second kappa shape index (κ2) is 6.50. The second-order valence-electron chi connectivity index (χ2n) is 4.48.